The zero-order valence-corrected chi connectivity index (χ0v) is 10.9. The molecule has 2 nitrogen and oxygen atoms in total. The first-order valence-electron chi connectivity index (χ1n) is 6.19. The van der Waals surface area contributed by atoms with Crippen molar-refractivity contribution in [3.05, 3.63) is 29.8 Å². The summed E-state index contributed by atoms with van der Waals surface area (Å²) in [5, 5.41) is 0. The molecule has 0 heterocycles. The van der Waals surface area contributed by atoms with Crippen molar-refractivity contribution in [3.8, 4) is 5.75 Å². The van der Waals surface area contributed by atoms with Gasteiger partial charge >= 0.3 is 5.92 Å². The Hall–Kier alpha value is -1.52. The lowest BCUT2D eigenvalue weighted by molar-refractivity contribution is -0.0299. The number of halogens is 3. The molecule has 1 unspecified atom stereocenters. The molecule has 1 saturated carbocycles. The van der Waals surface area contributed by atoms with Crippen molar-refractivity contribution in [2.75, 3.05) is 7.05 Å². The Balaban J connectivity index is 2.15. The van der Waals surface area contributed by atoms with Crippen LogP contribution in [0.3, 0.4) is 0 Å². The lowest BCUT2D eigenvalue weighted by Crippen LogP contribution is -2.43. The van der Waals surface area contributed by atoms with E-state index in [2.05, 4.69) is 4.99 Å². The zero-order chi connectivity index (χ0) is 14.0. The van der Waals surface area contributed by atoms with Gasteiger partial charge in [0.15, 0.2) is 6.17 Å². The highest BCUT2D eigenvalue weighted by molar-refractivity contribution is 5.86. The van der Waals surface area contributed by atoms with Gasteiger partial charge in [-0.15, -0.1) is 0 Å². The Morgan fingerprint density at radius 3 is 2.63 bits per heavy atom. The van der Waals surface area contributed by atoms with E-state index >= 15 is 0 Å². The van der Waals surface area contributed by atoms with Gasteiger partial charge in [-0.1, -0.05) is 12.1 Å². The lowest BCUT2D eigenvalue weighted by atomic mass is 10.1. The third-order valence-corrected chi connectivity index (χ3v) is 3.07. The summed E-state index contributed by atoms with van der Waals surface area (Å²) >= 11 is 0. The minimum Gasteiger partial charge on any atom is -0.437 e. The third kappa shape index (κ3) is 3.08. The predicted octanol–water partition coefficient (Wildman–Crippen LogP) is 3.79. The fourth-order valence-electron chi connectivity index (χ4n) is 1.86. The van der Waals surface area contributed by atoms with Gasteiger partial charge in [0.2, 0.25) is 0 Å². The molecule has 0 radical (unpaired) electrons. The van der Waals surface area contributed by atoms with E-state index in [0.717, 1.165) is 5.56 Å². The van der Waals surface area contributed by atoms with Crippen molar-refractivity contribution in [1.29, 1.82) is 0 Å². The molecular formula is C14H16F3NO. The van der Waals surface area contributed by atoms with Crippen LogP contribution in [0.5, 0.6) is 5.75 Å². The molecule has 1 aliphatic carbocycles. The minimum absolute atomic E-state index is 0.239. The van der Waals surface area contributed by atoms with E-state index in [1.807, 2.05) is 13.0 Å². The van der Waals surface area contributed by atoms with Crippen molar-refractivity contribution in [2.45, 2.75) is 31.9 Å². The summed E-state index contributed by atoms with van der Waals surface area (Å²) < 4.78 is 46.6. The van der Waals surface area contributed by atoms with Crippen LogP contribution in [-0.4, -0.2) is 25.0 Å². The van der Waals surface area contributed by atoms with Crippen molar-refractivity contribution < 1.29 is 17.9 Å². The van der Waals surface area contributed by atoms with Crippen LogP contribution < -0.4 is 4.74 Å². The molecule has 0 amide bonds. The molecule has 0 N–H and O–H groups in total. The van der Waals surface area contributed by atoms with Crippen LogP contribution in [0.1, 0.15) is 18.4 Å². The van der Waals surface area contributed by atoms with Gasteiger partial charge in [0.1, 0.15) is 5.75 Å². The van der Waals surface area contributed by atoms with Crippen molar-refractivity contribution >= 4 is 5.90 Å². The number of benzene rings is 1. The predicted molar refractivity (Wildman–Crippen MR) is 67.7 cm³/mol. The van der Waals surface area contributed by atoms with Gasteiger partial charge in [0.25, 0.3) is 5.90 Å². The van der Waals surface area contributed by atoms with E-state index in [9.17, 15) is 13.2 Å². The maximum absolute atomic E-state index is 13.9. The molecule has 1 aromatic rings. The smallest absolute Gasteiger partial charge is 0.352 e. The Labute approximate surface area is 110 Å². The van der Waals surface area contributed by atoms with Gasteiger partial charge in [-0.25, -0.2) is 4.39 Å². The lowest BCUT2D eigenvalue weighted by Gasteiger charge is -2.22. The number of ether oxygens (including phenoxy) is 1. The maximum Gasteiger partial charge on any atom is 0.352 e. The Kier molecular flexibility index (Phi) is 3.83. The average Bonchev–Trinajstić information content (AvgIpc) is 3.19. The minimum atomic E-state index is -3.68. The fourth-order valence-corrected chi connectivity index (χ4v) is 1.86. The van der Waals surface area contributed by atoms with E-state index in [0.29, 0.717) is 12.8 Å². The van der Waals surface area contributed by atoms with Crippen molar-refractivity contribution in [1.82, 2.24) is 0 Å². The molecule has 1 aliphatic rings. The normalized spacial score (nSPS) is 18.3. The van der Waals surface area contributed by atoms with Gasteiger partial charge < -0.3 is 4.74 Å². The Bertz CT molecular complexity index is 483. The highest BCUT2D eigenvalue weighted by Crippen LogP contribution is 2.42. The number of aryl methyl sites for hydroxylation is 1. The van der Waals surface area contributed by atoms with Gasteiger partial charge in [0.05, 0.1) is 0 Å². The summed E-state index contributed by atoms with van der Waals surface area (Å²) in [6, 6.07) is 6.64. The Morgan fingerprint density at radius 1 is 1.42 bits per heavy atom. The van der Waals surface area contributed by atoms with E-state index < -0.39 is 23.9 Å². The first-order chi connectivity index (χ1) is 8.95. The number of hydrogen-bond donors (Lipinski definition) is 0. The molecule has 104 valence electrons. The molecule has 1 aromatic carbocycles. The summed E-state index contributed by atoms with van der Waals surface area (Å²) in [5.74, 6) is -4.88. The van der Waals surface area contributed by atoms with Gasteiger partial charge in [-0.3, -0.25) is 4.99 Å². The van der Waals surface area contributed by atoms with Gasteiger partial charge in [-0.2, -0.15) is 8.78 Å². The number of nitrogens with zero attached hydrogens (tertiary/aromatic N) is 1. The first kappa shape index (κ1) is 13.9. The summed E-state index contributed by atoms with van der Waals surface area (Å²) in [5.41, 5.74) is 0.871. The number of rotatable bonds is 4. The zero-order valence-electron chi connectivity index (χ0n) is 10.9. The summed E-state index contributed by atoms with van der Waals surface area (Å²) in [4.78, 5) is 3.42. The summed E-state index contributed by atoms with van der Waals surface area (Å²) in [6.45, 7) is 1.82. The quantitative estimate of drug-likeness (QED) is 0.603. The van der Waals surface area contributed by atoms with Crippen molar-refractivity contribution in [3.63, 3.8) is 0 Å². The molecule has 2 rings (SSSR count). The van der Waals surface area contributed by atoms with Crippen LogP contribution >= 0.6 is 0 Å². The van der Waals surface area contributed by atoms with E-state index in [4.69, 9.17) is 4.74 Å². The summed E-state index contributed by atoms with van der Waals surface area (Å²) in [6.07, 6.45) is -1.23. The average molecular weight is 271 g/mol. The van der Waals surface area contributed by atoms with Crippen LogP contribution in [0.4, 0.5) is 13.2 Å². The maximum atomic E-state index is 13.9. The largest absolute Gasteiger partial charge is 0.437 e. The number of alkyl halides is 3. The number of aliphatic imine (C=N–C) groups is 1. The Morgan fingerprint density at radius 2 is 2.11 bits per heavy atom. The van der Waals surface area contributed by atoms with Gasteiger partial charge in [-0.05, 0) is 43.4 Å². The summed E-state index contributed by atoms with van der Waals surface area (Å²) in [7, 11) is 1.18. The standard InChI is InChI=1S/C14H16F3NO/c1-9-4-3-5-11(8-9)19-13(18-2)14(16,17)12(15)10-6-7-10/h3-5,8,10,12H,6-7H2,1-2H3. The monoisotopic (exact) mass is 271 g/mol. The molecule has 0 aliphatic heterocycles. The third-order valence-electron chi connectivity index (χ3n) is 3.07. The fraction of sp³-hybridized carbons (Fsp3) is 0.500. The second-order valence-electron chi connectivity index (χ2n) is 4.81. The van der Waals surface area contributed by atoms with Gasteiger partial charge in [0, 0.05) is 7.05 Å². The highest BCUT2D eigenvalue weighted by atomic mass is 19.3. The van der Waals surface area contributed by atoms with E-state index in [1.165, 1.54) is 7.05 Å². The molecule has 5 heteroatoms. The molecule has 0 spiro atoms. The molecule has 1 fully saturated rings. The molecular weight excluding hydrogens is 255 g/mol. The van der Waals surface area contributed by atoms with E-state index in [1.54, 1.807) is 18.2 Å². The second-order valence-corrected chi connectivity index (χ2v) is 4.81. The molecule has 19 heavy (non-hydrogen) atoms. The van der Waals surface area contributed by atoms with Crippen LogP contribution in [0, 0.1) is 12.8 Å². The first-order valence-corrected chi connectivity index (χ1v) is 6.19. The van der Waals surface area contributed by atoms with Crippen LogP contribution in [0.25, 0.3) is 0 Å². The number of hydrogen-bond acceptors (Lipinski definition) is 2. The topological polar surface area (TPSA) is 21.6 Å². The molecule has 0 saturated heterocycles. The second kappa shape index (κ2) is 5.23. The van der Waals surface area contributed by atoms with Crippen LogP contribution in [0.2, 0.25) is 0 Å². The molecule has 0 aromatic heterocycles. The van der Waals surface area contributed by atoms with E-state index in [-0.39, 0.29) is 5.75 Å². The SMILES string of the molecule is CN=C(Oc1cccc(C)c1)C(F)(F)C(F)C1CC1. The van der Waals surface area contributed by atoms with Crippen LogP contribution in [0.15, 0.2) is 29.3 Å². The molecule has 0 bridgehead atoms. The molecule has 1 atom stereocenters. The van der Waals surface area contributed by atoms with Crippen molar-refractivity contribution in [2.24, 2.45) is 10.9 Å². The van der Waals surface area contributed by atoms with Crippen LogP contribution in [-0.2, 0) is 0 Å². The highest BCUT2D eigenvalue weighted by Gasteiger charge is 2.54.